The molecule has 0 aliphatic rings. The summed E-state index contributed by atoms with van der Waals surface area (Å²) in [6.45, 7) is 0. The first-order valence-electron chi connectivity index (χ1n) is 1.84. The van der Waals surface area contributed by atoms with E-state index in [0.717, 1.165) is 0 Å². The van der Waals surface area contributed by atoms with Crippen molar-refractivity contribution in [3.8, 4) is 0 Å². The molecule has 0 saturated carbocycles. The predicted octanol–water partition coefficient (Wildman–Crippen LogP) is -10.5. The largest absolute Gasteiger partial charge is 3.00 e. The van der Waals surface area contributed by atoms with Crippen molar-refractivity contribution in [2.24, 2.45) is 0 Å². The van der Waals surface area contributed by atoms with E-state index in [1.807, 2.05) is 0 Å². The van der Waals surface area contributed by atoms with Crippen LogP contribution in [0.25, 0.3) is 0 Å². The van der Waals surface area contributed by atoms with Crippen LogP contribution >= 0.6 is 0 Å². The first kappa shape index (κ1) is 50.5. The molecule has 0 fully saturated rings. The molecule has 0 heterocycles. The van der Waals surface area contributed by atoms with Gasteiger partial charge in [0.1, 0.15) is 0 Å². The van der Waals surface area contributed by atoms with Crippen molar-refractivity contribution in [2.45, 2.75) is 0 Å². The van der Waals surface area contributed by atoms with E-state index < -0.39 is 27.5 Å². The van der Waals surface area contributed by atoms with Gasteiger partial charge in [-0.1, -0.05) is 0 Å². The molecule has 0 aromatic rings. The average Bonchev–Trinajstić information content (AvgIpc) is 1.54. The van der Waals surface area contributed by atoms with E-state index >= 15 is 0 Å². The molecule has 0 unspecified atom stereocenters. The smallest absolute Gasteiger partial charge is 1.00 e. The maximum absolute atomic E-state index is 8.52. The summed E-state index contributed by atoms with van der Waals surface area (Å²) in [5, 5.41) is 0. The summed E-state index contributed by atoms with van der Waals surface area (Å²) in [5.74, 6) is 0. The summed E-state index contributed by atoms with van der Waals surface area (Å²) in [5.41, 5.74) is 0. The van der Waals surface area contributed by atoms with Crippen molar-refractivity contribution in [1.82, 2.24) is 0 Å². The minimum atomic E-state index is -3.63. The van der Waals surface area contributed by atoms with Crippen LogP contribution in [-0.4, -0.2) is 143 Å². The second-order valence-electron chi connectivity index (χ2n) is 0.750. The third-order valence-corrected chi connectivity index (χ3v) is 0. The SMILES string of the molecule is O.O=[Si]([O-])[O-].O=[Si]([O-])[O-].O=[Si]([O-])[O-].[Al+3].[Al+3].[Ca+2].[Ca+2].[H-].[H-].[H-].[H-]. The van der Waals surface area contributed by atoms with Crippen LogP contribution in [0.2, 0.25) is 0 Å². The fourth-order valence-electron chi connectivity index (χ4n) is 0. The van der Waals surface area contributed by atoms with Crippen LogP contribution in [0.15, 0.2) is 0 Å². The van der Waals surface area contributed by atoms with Crippen molar-refractivity contribution in [2.75, 3.05) is 0 Å². The molecule has 0 aliphatic carbocycles. The topological polar surface area (TPSA) is 221 Å². The molecule has 0 spiro atoms. The molecule has 0 aliphatic heterocycles. The van der Waals surface area contributed by atoms with Gasteiger partial charge in [0, 0.05) is 27.5 Å². The average molecular weight is 384 g/mol. The van der Waals surface area contributed by atoms with E-state index in [9.17, 15) is 0 Å². The molecule has 0 saturated heterocycles. The van der Waals surface area contributed by atoms with Crippen LogP contribution in [0.5, 0.6) is 0 Å². The predicted molar refractivity (Wildman–Crippen MR) is 50.4 cm³/mol. The fraction of sp³-hybridized carbons (Fsp3) is 0. The van der Waals surface area contributed by atoms with E-state index in [-0.39, 0.29) is 121 Å². The van der Waals surface area contributed by atoms with Gasteiger partial charge < -0.3 is 53.3 Å². The molecule has 0 atom stereocenters. The van der Waals surface area contributed by atoms with Crippen LogP contribution < -0.4 is 28.8 Å². The Morgan fingerprint density at radius 2 is 0.588 bits per heavy atom. The van der Waals surface area contributed by atoms with Crippen molar-refractivity contribution in [3.05, 3.63) is 0 Å². The molecular formula is H6Al2Ca2O10Si3. The summed E-state index contributed by atoms with van der Waals surface area (Å²) < 4.78 is 25.6. The van der Waals surface area contributed by atoms with Crippen LogP contribution in [0.4, 0.5) is 0 Å². The first-order valence-corrected chi connectivity index (χ1v) is 5.51. The van der Waals surface area contributed by atoms with Crippen molar-refractivity contribution in [1.29, 1.82) is 0 Å². The van der Waals surface area contributed by atoms with E-state index in [0.29, 0.717) is 0 Å². The van der Waals surface area contributed by atoms with Gasteiger partial charge in [-0.3, -0.25) is 0 Å². The summed E-state index contributed by atoms with van der Waals surface area (Å²) >= 11 is 0. The Hall–Kier alpha value is 2.40. The van der Waals surface area contributed by atoms with Crippen molar-refractivity contribution in [3.63, 3.8) is 0 Å². The van der Waals surface area contributed by atoms with E-state index in [2.05, 4.69) is 0 Å². The van der Waals surface area contributed by atoms with Gasteiger partial charge in [-0.2, -0.15) is 0 Å². The van der Waals surface area contributed by atoms with Crippen LogP contribution in [0, 0.1) is 0 Å². The van der Waals surface area contributed by atoms with E-state index in [4.69, 9.17) is 42.2 Å². The van der Waals surface area contributed by atoms with E-state index in [1.165, 1.54) is 0 Å². The Balaban J connectivity index is -0.00000000476. The minimum Gasteiger partial charge on any atom is -1.00 e. The van der Waals surface area contributed by atoms with Gasteiger partial charge in [-0.05, 0) is 0 Å². The van der Waals surface area contributed by atoms with Crippen LogP contribution in [0.3, 0.4) is 0 Å². The fourth-order valence-corrected chi connectivity index (χ4v) is 0. The quantitative estimate of drug-likeness (QED) is 0.361. The maximum atomic E-state index is 8.52. The molecule has 0 rings (SSSR count). The standard InChI is InChI=1S/2Al.2Ca.3O3Si.H2O.4H/c;;;;3*1-4(2)3;;;;;/h;;;;;;;1H2;;;;/q2*+3;2*+2;3*-2;;4*-1. The molecule has 88 valence electrons. The zero-order valence-electron chi connectivity index (χ0n) is 12.2. The second kappa shape index (κ2) is 42.9. The summed E-state index contributed by atoms with van der Waals surface area (Å²) in [7, 11) is -10.9. The molecule has 0 aromatic carbocycles. The molecule has 10 nitrogen and oxygen atoms in total. The molecule has 0 aromatic heterocycles. The monoisotopic (exact) mass is 384 g/mol. The molecule has 17 heteroatoms. The van der Waals surface area contributed by atoms with Gasteiger partial charge in [-0.15, -0.1) is 0 Å². The summed E-state index contributed by atoms with van der Waals surface area (Å²) in [6.07, 6.45) is 0. The maximum Gasteiger partial charge on any atom is 3.00 e. The summed E-state index contributed by atoms with van der Waals surface area (Å²) in [4.78, 5) is 51.1. The first-order chi connectivity index (χ1) is 5.20. The number of hydrogen-bond acceptors (Lipinski definition) is 9. The normalized spacial score (nSPS) is 4.24. The Morgan fingerprint density at radius 3 is 0.588 bits per heavy atom. The van der Waals surface area contributed by atoms with Gasteiger partial charge in [0.15, 0.2) is 0 Å². The van der Waals surface area contributed by atoms with Crippen LogP contribution in [-0.2, 0) is 13.4 Å². The Kier molecular flexibility index (Phi) is 127. The Morgan fingerprint density at radius 1 is 0.588 bits per heavy atom. The molecule has 0 amide bonds. The molecule has 2 N–H and O–H groups in total. The zero-order chi connectivity index (χ0) is 10.7. The Bertz CT molecular complexity index is 140. The van der Waals surface area contributed by atoms with E-state index in [1.54, 1.807) is 0 Å². The third-order valence-electron chi connectivity index (χ3n) is 0. The summed E-state index contributed by atoms with van der Waals surface area (Å²) in [6, 6.07) is 0. The number of hydrogen-bond donors (Lipinski definition) is 0. The van der Waals surface area contributed by atoms with Gasteiger partial charge >= 0.3 is 110 Å². The van der Waals surface area contributed by atoms with Crippen LogP contribution in [0.1, 0.15) is 5.71 Å². The van der Waals surface area contributed by atoms with Crippen molar-refractivity contribution < 1.29 is 53.3 Å². The molecular weight excluding hydrogens is 378 g/mol. The zero-order valence-corrected chi connectivity index (χ0v) is 18.0. The Labute approximate surface area is 188 Å². The number of rotatable bonds is 0. The van der Waals surface area contributed by atoms with Gasteiger partial charge in [-0.25, -0.2) is 0 Å². The third kappa shape index (κ3) is 862. The molecule has 0 bridgehead atoms. The molecule has 17 heavy (non-hydrogen) atoms. The second-order valence-corrected chi connectivity index (χ2v) is 2.25. The van der Waals surface area contributed by atoms with Gasteiger partial charge in [0.2, 0.25) is 0 Å². The minimum absolute atomic E-state index is 0. The van der Waals surface area contributed by atoms with Crippen molar-refractivity contribution >= 4 is 138 Å². The van der Waals surface area contributed by atoms with Gasteiger partial charge in [0.05, 0.1) is 0 Å². The van der Waals surface area contributed by atoms with Gasteiger partial charge in [0.25, 0.3) is 0 Å². The molecule has 0 radical (unpaired) electrons.